The second kappa shape index (κ2) is 12.2. The van der Waals surface area contributed by atoms with E-state index in [9.17, 15) is 19.8 Å². The van der Waals surface area contributed by atoms with E-state index in [-0.39, 0.29) is 25.0 Å². The number of aryl methyl sites for hydroxylation is 1. The molecule has 2 N–H and O–H groups in total. The molecule has 3 atom stereocenters. The smallest absolute Gasteiger partial charge is 0.264 e. The molecule has 0 bridgehead atoms. The SMILES string of the molecule is C=CCN1C(=O)[C@@](O)([C@@H](C)/C=C/CCn2cc(C(CO)c3ccccc3)nn2)c2cc(N3CCCCC3=O)ccc21. The average molecular weight is 556 g/mol. The first kappa shape index (κ1) is 28.4. The highest BCUT2D eigenvalue weighted by molar-refractivity contribution is 6.08. The van der Waals surface area contributed by atoms with Crippen LogP contribution < -0.4 is 9.80 Å². The number of aromatic nitrogens is 3. The summed E-state index contributed by atoms with van der Waals surface area (Å²) in [6.07, 6.45) is 10.2. The Kier molecular flexibility index (Phi) is 8.46. The quantitative estimate of drug-likeness (QED) is 0.347. The fourth-order valence-electron chi connectivity index (χ4n) is 5.78. The number of fused-ring (bicyclic) bond motifs is 1. The lowest BCUT2D eigenvalue weighted by Gasteiger charge is -2.30. The van der Waals surface area contributed by atoms with Crippen LogP contribution in [0.15, 0.2) is 79.5 Å². The van der Waals surface area contributed by atoms with Crippen LogP contribution in [0.4, 0.5) is 11.4 Å². The zero-order valence-corrected chi connectivity index (χ0v) is 23.4. The topological polar surface area (TPSA) is 112 Å². The van der Waals surface area contributed by atoms with Gasteiger partial charge in [0.2, 0.25) is 5.91 Å². The van der Waals surface area contributed by atoms with Gasteiger partial charge in [-0.05, 0) is 43.0 Å². The van der Waals surface area contributed by atoms with Crippen LogP contribution >= 0.6 is 0 Å². The van der Waals surface area contributed by atoms with Crippen molar-refractivity contribution in [3.63, 3.8) is 0 Å². The fourth-order valence-corrected chi connectivity index (χ4v) is 5.78. The molecule has 41 heavy (non-hydrogen) atoms. The van der Waals surface area contributed by atoms with Crippen LogP contribution in [0.25, 0.3) is 0 Å². The molecule has 1 saturated heterocycles. The van der Waals surface area contributed by atoms with Crippen LogP contribution in [0, 0.1) is 5.92 Å². The number of aliphatic hydroxyl groups excluding tert-OH is 1. The molecule has 0 spiro atoms. The Balaban J connectivity index is 1.31. The van der Waals surface area contributed by atoms with E-state index in [1.54, 1.807) is 26.6 Å². The Morgan fingerprint density at radius 1 is 1.15 bits per heavy atom. The van der Waals surface area contributed by atoms with Gasteiger partial charge in [-0.15, -0.1) is 11.7 Å². The molecule has 9 heteroatoms. The summed E-state index contributed by atoms with van der Waals surface area (Å²) in [6, 6.07) is 15.2. The lowest BCUT2D eigenvalue weighted by Crippen LogP contribution is -2.44. The highest BCUT2D eigenvalue weighted by Gasteiger charge is 2.52. The molecule has 1 aromatic heterocycles. The third-order valence-corrected chi connectivity index (χ3v) is 8.11. The van der Waals surface area contributed by atoms with Gasteiger partial charge in [0.25, 0.3) is 5.91 Å². The molecule has 0 radical (unpaired) electrons. The Hall–Kier alpha value is -4.08. The lowest BCUT2D eigenvalue weighted by molar-refractivity contribution is -0.139. The molecule has 1 unspecified atom stereocenters. The van der Waals surface area contributed by atoms with E-state index in [1.807, 2.05) is 67.7 Å². The van der Waals surface area contributed by atoms with Gasteiger partial charge >= 0.3 is 0 Å². The first-order chi connectivity index (χ1) is 19.9. The third kappa shape index (κ3) is 5.47. The van der Waals surface area contributed by atoms with E-state index in [2.05, 4.69) is 16.9 Å². The minimum Gasteiger partial charge on any atom is -0.395 e. The number of amides is 2. The molecule has 2 aliphatic heterocycles. The monoisotopic (exact) mass is 555 g/mol. The summed E-state index contributed by atoms with van der Waals surface area (Å²) in [5.74, 6) is -1.11. The molecule has 1 fully saturated rings. The van der Waals surface area contributed by atoms with E-state index >= 15 is 0 Å². The molecule has 0 aliphatic carbocycles. The molecule has 0 saturated carbocycles. The first-order valence-corrected chi connectivity index (χ1v) is 14.2. The van der Waals surface area contributed by atoms with Crippen molar-refractivity contribution in [2.45, 2.75) is 50.7 Å². The first-order valence-electron chi connectivity index (χ1n) is 14.2. The van der Waals surface area contributed by atoms with Gasteiger partial charge < -0.3 is 20.0 Å². The zero-order valence-electron chi connectivity index (χ0n) is 23.4. The Labute approximate surface area is 240 Å². The maximum Gasteiger partial charge on any atom is 0.264 e. The van der Waals surface area contributed by atoms with Crippen molar-refractivity contribution in [3.8, 4) is 0 Å². The molecule has 2 aromatic carbocycles. The normalized spacial score (nSPS) is 20.5. The van der Waals surface area contributed by atoms with E-state index in [0.29, 0.717) is 48.6 Å². The van der Waals surface area contributed by atoms with Crippen LogP contribution in [0.5, 0.6) is 0 Å². The number of aliphatic hydroxyl groups is 2. The number of nitrogens with zero attached hydrogens (tertiary/aromatic N) is 5. The summed E-state index contributed by atoms with van der Waals surface area (Å²) in [6.45, 7) is 7.00. The van der Waals surface area contributed by atoms with Gasteiger partial charge in [0, 0.05) is 49.4 Å². The number of benzene rings is 2. The van der Waals surface area contributed by atoms with Crippen LogP contribution in [-0.4, -0.2) is 56.7 Å². The second-order valence-corrected chi connectivity index (χ2v) is 10.7. The number of hydrogen-bond donors (Lipinski definition) is 2. The van der Waals surface area contributed by atoms with Crippen LogP contribution in [0.3, 0.4) is 0 Å². The molecular weight excluding hydrogens is 518 g/mol. The summed E-state index contributed by atoms with van der Waals surface area (Å²) >= 11 is 0. The Bertz CT molecular complexity index is 1430. The van der Waals surface area contributed by atoms with E-state index in [4.69, 9.17) is 0 Å². The van der Waals surface area contributed by atoms with Gasteiger partial charge in [-0.2, -0.15) is 0 Å². The van der Waals surface area contributed by atoms with E-state index in [0.717, 1.165) is 18.4 Å². The van der Waals surface area contributed by atoms with Crippen molar-refractivity contribution >= 4 is 23.2 Å². The maximum absolute atomic E-state index is 13.6. The van der Waals surface area contributed by atoms with E-state index < -0.39 is 17.4 Å². The summed E-state index contributed by atoms with van der Waals surface area (Å²) in [5, 5.41) is 30.4. The molecular formula is C32H37N5O4. The van der Waals surface area contributed by atoms with Crippen molar-refractivity contribution in [2.75, 3.05) is 29.5 Å². The molecule has 3 heterocycles. The van der Waals surface area contributed by atoms with Gasteiger partial charge in [0.15, 0.2) is 5.60 Å². The number of piperidine rings is 1. The van der Waals surface area contributed by atoms with Gasteiger partial charge in [-0.1, -0.05) is 60.7 Å². The molecule has 2 amide bonds. The highest BCUT2D eigenvalue weighted by atomic mass is 16.3. The van der Waals surface area contributed by atoms with Crippen molar-refractivity contribution in [3.05, 3.63) is 96.4 Å². The van der Waals surface area contributed by atoms with Crippen LogP contribution in [0.2, 0.25) is 0 Å². The van der Waals surface area contributed by atoms with Crippen molar-refractivity contribution in [1.29, 1.82) is 0 Å². The highest BCUT2D eigenvalue weighted by Crippen LogP contribution is 2.46. The van der Waals surface area contributed by atoms with Gasteiger partial charge in [-0.25, -0.2) is 0 Å². The van der Waals surface area contributed by atoms with Crippen LogP contribution in [0.1, 0.15) is 55.3 Å². The Morgan fingerprint density at radius 2 is 1.95 bits per heavy atom. The number of carbonyl (C=O) groups is 2. The second-order valence-electron chi connectivity index (χ2n) is 10.7. The molecule has 214 valence electrons. The minimum atomic E-state index is -1.77. The Morgan fingerprint density at radius 3 is 2.68 bits per heavy atom. The summed E-state index contributed by atoms with van der Waals surface area (Å²) < 4.78 is 1.73. The fraction of sp³-hybridized carbons (Fsp3) is 0.375. The number of anilines is 2. The molecule has 2 aliphatic rings. The summed E-state index contributed by atoms with van der Waals surface area (Å²) in [5.41, 5.74) is 1.75. The van der Waals surface area contributed by atoms with Crippen molar-refractivity contribution < 1.29 is 19.8 Å². The predicted octanol–water partition coefficient (Wildman–Crippen LogP) is 3.92. The minimum absolute atomic E-state index is 0.0605. The zero-order chi connectivity index (χ0) is 29.0. The number of carbonyl (C=O) groups excluding carboxylic acids is 2. The van der Waals surface area contributed by atoms with Gasteiger partial charge in [-0.3, -0.25) is 14.3 Å². The lowest BCUT2D eigenvalue weighted by atomic mass is 9.82. The average Bonchev–Trinajstić information content (AvgIpc) is 3.54. The molecule has 3 aromatic rings. The van der Waals surface area contributed by atoms with Gasteiger partial charge in [0.1, 0.15) is 0 Å². The number of hydrogen-bond acceptors (Lipinski definition) is 6. The standard InChI is InChI=1S/C32H37N5O4/c1-3-17-37-29-16-15-25(36-19-10-8-14-30(36)39)20-27(29)32(41,31(37)40)23(2)11-7-9-18-35-21-28(33-34-35)26(22-38)24-12-5-4-6-13-24/h3-7,11-13,15-16,20-21,23,26,38,41H,1,8-10,14,17-19,22H2,2H3/b11-7+/t23-,26?,32+/m0/s1. The van der Waals surface area contributed by atoms with Crippen molar-refractivity contribution in [2.24, 2.45) is 5.92 Å². The summed E-state index contributed by atoms with van der Waals surface area (Å²) in [7, 11) is 0. The molecule has 5 rings (SSSR count). The number of rotatable bonds is 11. The maximum atomic E-state index is 13.6. The number of allylic oxidation sites excluding steroid dienone is 1. The molecule has 9 nitrogen and oxygen atoms in total. The van der Waals surface area contributed by atoms with E-state index in [1.165, 1.54) is 0 Å². The van der Waals surface area contributed by atoms with Crippen LogP contribution in [-0.2, 0) is 21.7 Å². The van der Waals surface area contributed by atoms with Crippen molar-refractivity contribution in [1.82, 2.24) is 15.0 Å². The predicted molar refractivity (Wildman–Crippen MR) is 157 cm³/mol. The summed E-state index contributed by atoms with van der Waals surface area (Å²) in [4.78, 5) is 29.5. The largest absolute Gasteiger partial charge is 0.395 e. The van der Waals surface area contributed by atoms with Gasteiger partial charge in [0.05, 0.1) is 23.9 Å². The third-order valence-electron chi connectivity index (χ3n) is 8.11.